The average Bonchev–Trinajstić information content (AvgIpc) is 2.79. The van der Waals surface area contributed by atoms with E-state index in [0.717, 1.165) is 11.6 Å². The SMILES string of the molecule is O=C(O)c1ccc(CCCN2C(=O)OCC[C@@H]2C=CC(O)C(F)(F)c2cccc(Br)c2)cc1. The monoisotopic (exact) mass is 523 g/mol. The molecule has 1 fully saturated rings. The Morgan fingerprint density at radius 1 is 1.27 bits per heavy atom. The summed E-state index contributed by atoms with van der Waals surface area (Å²) in [5, 5.41) is 19.1. The molecule has 3 rings (SSSR count). The van der Waals surface area contributed by atoms with E-state index in [1.165, 1.54) is 41.3 Å². The molecule has 2 atom stereocenters. The number of aliphatic hydroxyl groups excluding tert-OH is 1. The van der Waals surface area contributed by atoms with Gasteiger partial charge in [0.1, 0.15) is 6.10 Å². The van der Waals surface area contributed by atoms with Crippen molar-refractivity contribution in [2.75, 3.05) is 13.2 Å². The molecule has 1 unspecified atom stereocenters. The number of carboxylic acid groups (broad SMARTS) is 1. The summed E-state index contributed by atoms with van der Waals surface area (Å²) in [4.78, 5) is 24.7. The molecule has 2 aromatic carbocycles. The van der Waals surface area contributed by atoms with Crippen LogP contribution in [0.1, 0.15) is 34.3 Å². The number of alkyl halides is 2. The minimum Gasteiger partial charge on any atom is -0.478 e. The van der Waals surface area contributed by atoms with E-state index in [0.29, 0.717) is 30.3 Å². The Balaban J connectivity index is 1.62. The van der Waals surface area contributed by atoms with Gasteiger partial charge in [-0.15, -0.1) is 0 Å². The van der Waals surface area contributed by atoms with Crippen LogP contribution in [0, 0.1) is 0 Å². The summed E-state index contributed by atoms with van der Waals surface area (Å²) in [5.41, 5.74) is 0.797. The van der Waals surface area contributed by atoms with Crippen LogP contribution in [0.5, 0.6) is 0 Å². The first-order valence-electron chi connectivity index (χ1n) is 10.4. The lowest BCUT2D eigenvalue weighted by Crippen LogP contribution is -2.45. The summed E-state index contributed by atoms with van der Waals surface area (Å²) in [6.07, 6.45) is 1.46. The van der Waals surface area contributed by atoms with Gasteiger partial charge >= 0.3 is 18.0 Å². The average molecular weight is 524 g/mol. The highest BCUT2D eigenvalue weighted by atomic mass is 79.9. The molecule has 33 heavy (non-hydrogen) atoms. The van der Waals surface area contributed by atoms with Crippen LogP contribution in [0.15, 0.2) is 65.2 Å². The van der Waals surface area contributed by atoms with Gasteiger partial charge in [-0.05, 0) is 42.7 Å². The van der Waals surface area contributed by atoms with Crippen LogP contribution >= 0.6 is 15.9 Å². The molecule has 0 spiro atoms. The lowest BCUT2D eigenvalue weighted by atomic mass is 10.0. The lowest BCUT2D eigenvalue weighted by molar-refractivity contribution is -0.0930. The highest BCUT2D eigenvalue weighted by Gasteiger charge is 2.39. The molecule has 2 aromatic rings. The van der Waals surface area contributed by atoms with Crippen molar-refractivity contribution in [3.05, 3.63) is 81.8 Å². The second-order valence-corrected chi connectivity index (χ2v) is 8.65. The van der Waals surface area contributed by atoms with E-state index >= 15 is 0 Å². The van der Waals surface area contributed by atoms with Crippen LogP contribution in [-0.4, -0.2) is 52.5 Å². The first kappa shape index (κ1) is 24.9. The number of aliphatic hydroxyl groups is 1. The van der Waals surface area contributed by atoms with Gasteiger partial charge in [0, 0.05) is 23.0 Å². The first-order valence-corrected chi connectivity index (χ1v) is 11.2. The van der Waals surface area contributed by atoms with Crippen LogP contribution in [0.4, 0.5) is 13.6 Å². The van der Waals surface area contributed by atoms with Crippen LogP contribution in [0.25, 0.3) is 0 Å². The van der Waals surface area contributed by atoms with Gasteiger partial charge in [0.05, 0.1) is 18.2 Å². The summed E-state index contributed by atoms with van der Waals surface area (Å²) in [5.74, 6) is -4.50. The van der Waals surface area contributed by atoms with Crippen molar-refractivity contribution in [1.82, 2.24) is 4.90 Å². The van der Waals surface area contributed by atoms with E-state index in [1.54, 1.807) is 18.2 Å². The second kappa shape index (κ2) is 10.9. The Labute approximate surface area is 198 Å². The molecule has 0 saturated carbocycles. The number of cyclic esters (lactones) is 1. The predicted molar refractivity (Wildman–Crippen MR) is 121 cm³/mol. The van der Waals surface area contributed by atoms with Gasteiger partial charge < -0.3 is 19.8 Å². The van der Waals surface area contributed by atoms with Gasteiger partial charge in [0.15, 0.2) is 0 Å². The number of rotatable bonds is 9. The number of hydrogen-bond donors (Lipinski definition) is 2. The lowest BCUT2D eigenvalue weighted by Gasteiger charge is -2.33. The largest absolute Gasteiger partial charge is 0.478 e. The van der Waals surface area contributed by atoms with E-state index in [4.69, 9.17) is 9.84 Å². The fourth-order valence-corrected chi connectivity index (χ4v) is 3.99. The molecule has 1 aliphatic heterocycles. The van der Waals surface area contributed by atoms with Crippen molar-refractivity contribution in [2.45, 2.75) is 37.3 Å². The van der Waals surface area contributed by atoms with Crippen molar-refractivity contribution < 1.29 is 33.3 Å². The number of aryl methyl sites for hydroxylation is 1. The number of nitrogens with zero attached hydrogens (tertiary/aromatic N) is 1. The molecule has 2 N–H and O–H groups in total. The fraction of sp³-hybridized carbons (Fsp3) is 0.333. The minimum absolute atomic E-state index is 0.166. The maximum Gasteiger partial charge on any atom is 0.410 e. The number of halogens is 3. The summed E-state index contributed by atoms with van der Waals surface area (Å²) in [7, 11) is 0. The van der Waals surface area contributed by atoms with Crippen LogP contribution in [-0.2, 0) is 17.1 Å². The Hall–Kier alpha value is -2.78. The van der Waals surface area contributed by atoms with Gasteiger partial charge in [-0.25, -0.2) is 9.59 Å². The normalized spacial score (nSPS) is 17.8. The van der Waals surface area contributed by atoms with Crippen molar-refractivity contribution in [3.63, 3.8) is 0 Å². The molecule has 0 radical (unpaired) electrons. The summed E-state index contributed by atoms with van der Waals surface area (Å²) >= 11 is 3.15. The third-order valence-corrected chi connectivity index (χ3v) is 5.93. The van der Waals surface area contributed by atoms with Gasteiger partial charge in [-0.3, -0.25) is 0 Å². The molecule has 0 bridgehead atoms. The van der Waals surface area contributed by atoms with Crippen molar-refractivity contribution in [1.29, 1.82) is 0 Å². The second-order valence-electron chi connectivity index (χ2n) is 7.73. The van der Waals surface area contributed by atoms with E-state index in [2.05, 4.69) is 15.9 Å². The Morgan fingerprint density at radius 3 is 2.67 bits per heavy atom. The molecule has 1 aliphatic rings. The third-order valence-electron chi connectivity index (χ3n) is 5.44. The van der Waals surface area contributed by atoms with E-state index in [9.17, 15) is 23.5 Å². The van der Waals surface area contributed by atoms with Gasteiger partial charge in [-0.1, -0.05) is 52.3 Å². The maximum absolute atomic E-state index is 14.7. The first-order chi connectivity index (χ1) is 15.7. The van der Waals surface area contributed by atoms with Crippen molar-refractivity contribution in [2.24, 2.45) is 0 Å². The molecule has 0 aromatic heterocycles. The topological polar surface area (TPSA) is 87.1 Å². The van der Waals surface area contributed by atoms with Crippen LogP contribution in [0.2, 0.25) is 0 Å². The molecule has 176 valence electrons. The number of amides is 1. The number of aromatic carboxylic acids is 1. The number of carboxylic acids is 1. The summed E-state index contributed by atoms with van der Waals surface area (Å²) < 4.78 is 34.9. The van der Waals surface area contributed by atoms with Crippen LogP contribution < -0.4 is 0 Å². The minimum atomic E-state index is -3.50. The third kappa shape index (κ3) is 6.39. The summed E-state index contributed by atoms with van der Waals surface area (Å²) in [6, 6.07) is 11.6. The van der Waals surface area contributed by atoms with Crippen LogP contribution in [0.3, 0.4) is 0 Å². The Bertz CT molecular complexity index is 1010. The molecule has 6 nitrogen and oxygen atoms in total. The molecule has 1 saturated heterocycles. The molecule has 0 aliphatic carbocycles. The molecule has 1 amide bonds. The summed E-state index contributed by atoms with van der Waals surface area (Å²) in [6.45, 7) is 0.492. The van der Waals surface area contributed by atoms with Crippen molar-refractivity contribution >= 4 is 28.0 Å². The van der Waals surface area contributed by atoms with Gasteiger partial charge in [-0.2, -0.15) is 8.78 Å². The zero-order valence-electron chi connectivity index (χ0n) is 17.7. The van der Waals surface area contributed by atoms with Gasteiger partial charge in [0.25, 0.3) is 0 Å². The Morgan fingerprint density at radius 2 is 2.00 bits per heavy atom. The number of carbonyl (C=O) groups excluding carboxylic acids is 1. The van der Waals surface area contributed by atoms with Crippen molar-refractivity contribution in [3.8, 4) is 0 Å². The quantitative estimate of drug-likeness (QED) is 0.451. The zero-order chi connectivity index (χ0) is 24.0. The Kier molecular flexibility index (Phi) is 8.20. The smallest absolute Gasteiger partial charge is 0.410 e. The molecule has 1 heterocycles. The van der Waals surface area contributed by atoms with E-state index in [-0.39, 0.29) is 17.7 Å². The fourth-order valence-electron chi connectivity index (χ4n) is 3.59. The maximum atomic E-state index is 14.7. The number of benzene rings is 2. The van der Waals surface area contributed by atoms with Gasteiger partial charge in [0.2, 0.25) is 0 Å². The molecular formula is C24H24BrF2NO5. The number of carbonyl (C=O) groups is 2. The number of hydrogen-bond acceptors (Lipinski definition) is 4. The molecular weight excluding hydrogens is 500 g/mol. The zero-order valence-corrected chi connectivity index (χ0v) is 19.3. The van der Waals surface area contributed by atoms with E-state index in [1.807, 2.05) is 0 Å². The molecule has 9 heteroatoms. The highest BCUT2D eigenvalue weighted by Crippen LogP contribution is 2.34. The number of ether oxygens (including phenoxy) is 1. The standard InChI is InChI=1S/C24H24BrF2NO5/c25-19-5-1-4-18(15-19)24(26,27)21(29)11-10-20-12-14-33-23(32)28(20)13-2-3-16-6-8-17(9-7-16)22(30)31/h1,4-11,15,20-21,29H,2-3,12-14H2,(H,30,31)/t20-,21?/m0/s1. The predicted octanol–water partition coefficient (Wildman–Crippen LogP) is 5.00. The highest BCUT2D eigenvalue weighted by molar-refractivity contribution is 9.10. The van der Waals surface area contributed by atoms with E-state index < -0.39 is 30.1 Å².